The SMILES string of the molecule is CC1(C)CNC(Cc2ccccc2F)OC1.Cl. The predicted octanol–water partition coefficient (Wildman–Crippen LogP) is 2.76. The fourth-order valence-corrected chi connectivity index (χ4v) is 1.82. The van der Waals surface area contributed by atoms with Gasteiger partial charge in [0.05, 0.1) is 6.61 Å². The van der Waals surface area contributed by atoms with Crippen LogP contribution in [0.1, 0.15) is 19.4 Å². The Bertz CT molecular complexity index is 360. The van der Waals surface area contributed by atoms with E-state index in [-0.39, 0.29) is 29.9 Å². The van der Waals surface area contributed by atoms with Gasteiger partial charge in [-0.15, -0.1) is 12.4 Å². The van der Waals surface area contributed by atoms with Gasteiger partial charge in [-0.25, -0.2) is 4.39 Å². The average Bonchev–Trinajstić information content (AvgIpc) is 2.24. The molecule has 1 atom stereocenters. The Morgan fingerprint density at radius 3 is 2.71 bits per heavy atom. The van der Waals surface area contributed by atoms with Crippen LogP contribution in [-0.4, -0.2) is 19.4 Å². The summed E-state index contributed by atoms with van der Waals surface area (Å²) < 4.78 is 19.1. The lowest BCUT2D eigenvalue weighted by Gasteiger charge is -2.35. The molecule has 0 radical (unpaired) electrons. The smallest absolute Gasteiger partial charge is 0.126 e. The minimum Gasteiger partial charge on any atom is -0.362 e. The van der Waals surface area contributed by atoms with Crippen LogP contribution in [0.3, 0.4) is 0 Å². The van der Waals surface area contributed by atoms with Gasteiger partial charge in [-0.05, 0) is 11.6 Å². The van der Waals surface area contributed by atoms with Crippen molar-refractivity contribution in [2.75, 3.05) is 13.2 Å². The van der Waals surface area contributed by atoms with Gasteiger partial charge in [0.25, 0.3) is 0 Å². The Morgan fingerprint density at radius 1 is 1.41 bits per heavy atom. The van der Waals surface area contributed by atoms with Gasteiger partial charge in [-0.2, -0.15) is 0 Å². The molecule has 1 N–H and O–H groups in total. The molecule has 1 aromatic carbocycles. The van der Waals surface area contributed by atoms with Crippen LogP contribution in [0.25, 0.3) is 0 Å². The number of ether oxygens (including phenoxy) is 1. The van der Waals surface area contributed by atoms with E-state index in [1.165, 1.54) is 6.07 Å². The van der Waals surface area contributed by atoms with Crippen LogP contribution in [0.4, 0.5) is 4.39 Å². The van der Waals surface area contributed by atoms with Crippen molar-refractivity contribution in [1.82, 2.24) is 5.32 Å². The predicted molar refractivity (Wildman–Crippen MR) is 68.9 cm³/mol. The highest BCUT2D eigenvalue weighted by Crippen LogP contribution is 2.21. The van der Waals surface area contributed by atoms with Crippen molar-refractivity contribution < 1.29 is 9.13 Å². The molecule has 0 amide bonds. The summed E-state index contributed by atoms with van der Waals surface area (Å²) in [4.78, 5) is 0. The number of hydrogen-bond donors (Lipinski definition) is 1. The summed E-state index contributed by atoms with van der Waals surface area (Å²) in [6, 6.07) is 6.85. The summed E-state index contributed by atoms with van der Waals surface area (Å²) in [5, 5.41) is 3.30. The Labute approximate surface area is 108 Å². The maximum absolute atomic E-state index is 13.4. The fourth-order valence-electron chi connectivity index (χ4n) is 1.82. The molecule has 1 aliphatic rings. The molecule has 0 bridgehead atoms. The summed E-state index contributed by atoms with van der Waals surface area (Å²) in [7, 11) is 0. The third kappa shape index (κ3) is 3.95. The monoisotopic (exact) mass is 259 g/mol. The van der Waals surface area contributed by atoms with Crippen molar-refractivity contribution in [2.45, 2.75) is 26.5 Å². The van der Waals surface area contributed by atoms with Gasteiger partial charge in [0.2, 0.25) is 0 Å². The zero-order valence-electron chi connectivity index (χ0n) is 10.2. The quantitative estimate of drug-likeness (QED) is 0.882. The second kappa shape index (κ2) is 5.80. The van der Waals surface area contributed by atoms with Crippen molar-refractivity contribution in [2.24, 2.45) is 5.41 Å². The first kappa shape index (κ1) is 14.4. The maximum atomic E-state index is 13.4. The molecule has 2 nitrogen and oxygen atoms in total. The highest BCUT2D eigenvalue weighted by Gasteiger charge is 2.27. The van der Waals surface area contributed by atoms with E-state index >= 15 is 0 Å². The molecule has 1 heterocycles. The Kier molecular flexibility index (Phi) is 4.92. The summed E-state index contributed by atoms with van der Waals surface area (Å²) in [6.07, 6.45) is 0.521. The lowest BCUT2D eigenvalue weighted by atomic mass is 9.93. The molecular weight excluding hydrogens is 241 g/mol. The largest absolute Gasteiger partial charge is 0.362 e. The van der Waals surface area contributed by atoms with Crippen LogP contribution in [0, 0.1) is 11.2 Å². The number of benzene rings is 1. The van der Waals surface area contributed by atoms with Crippen molar-refractivity contribution in [1.29, 1.82) is 0 Å². The van der Waals surface area contributed by atoms with Gasteiger partial charge in [0.15, 0.2) is 0 Å². The molecule has 1 aromatic rings. The highest BCUT2D eigenvalue weighted by molar-refractivity contribution is 5.85. The molecule has 1 fully saturated rings. The van der Waals surface area contributed by atoms with Crippen molar-refractivity contribution in [3.8, 4) is 0 Å². The molecule has 17 heavy (non-hydrogen) atoms. The summed E-state index contributed by atoms with van der Waals surface area (Å²) in [5.41, 5.74) is 0.880. The van der Waals surface area contributed by atoms with Crippen molar-refractivity contribution >= 4 is 12.4 Å². The van der Waals surface area contributed by atoms with Gasteiger partial charge in [-0.3, -0.25) is 5.32 Å². The maximum Gasteiger partial charge on any atom is 0.126 e. The van der Waals surface area contributed by atoms with Gasteiger partial charge in [-0.1, -0.05) is 32.0 Å². The molecular formula is C13H19ClFNO. The van der Waals surface area contributed by atoms with Crippen molar-refractivity contribution in [3.05, 3.63) is 35.6 Å². The van der Waals surface area contributed by atoms with Crippen LogP contribution in [0.5, 0.6) is 0 Å². The van der Waals surface area contributed by atoms with Gasteiger partial charge >= 0.3 is 0 Å². The third-order valence-corrected chi connectivity index (χ3v) is 2.85. The first-order valence-electron chi connectivity index (χ1n) is 5.65. The normalized spacial score (nSPS) is 22.9. The lowest BCUT2D eigenvalue weighted by Crippen LogP contribution is -2.48. The van der Waals surface area contributed by atoms with E-state index in [4.69, 9.17) is 4.74 Å². The number of nitrogens with one attached hydrogen (secondary N) is 1. The van der Waals surface area contributed by atoms with Crippen molar-refractivity contribution in [3.63, 3.8) is 0 Å². The van der Waals surface area contributed by atoms with E-state index in [1.807, 2.05) is 6.07 Å². The standard InChI is InChI=1S/C13H18FNO.ClH/c1-13(2)8-15-12(16-9-13)7-10-5-3-4-6-11(10)14;/h3-6,12,15H,7-9H2,1-2H3;1H. The van der Waals surface area contributed by atoms with E-state index in [9.17, 15) is 4.39 Å². The second-order valence-electron chi connectivity index (χ2n) is 5.14. The number of hydrogen-bond acceptors (Lipinski definition) is 2. The number of halogens is 2. The molecule has 0 aromatic heterocycles. The topological polar surface area (TPSA) is 21.3 Å². The summed E-state index contributed by atoms with van der Waals surface area (Å²) in [5.74, 6) is -0.155. The average molecular weight is 260 g/mol. The fraction of sp³-hybridized carbons (Fsp3) is 0.538. The van der Waals surface area contributed by atoms with Crippen LogP contribution < -0.4 is 5.32 Å². The summed E-state index contributed by atoms with van der Waals surface area (Å²) >= 11 is 0. The molecule has 2 rings (SSSR count). The Balaban J connectivity index is 0.00000144. The van der Waals surface area contributed by atoms with Crippen LogP contribution >= 0.6 is 12.4 Å². The molecule has 1 saturated heterocycles. The van der Waals surface area contributed by atoms with Gasteiger partial charge in [0.1, 0.15) is 12.0 Å². The van der Waals surface area contributed by atoms with Gasteiger partial charge in [0, 0.05) is 18.4 Å². The lowest BCUT2D eigenvalue weighted by molar-refractivity contribution is -0.0569. The summed E-state index contributed by atoms with van der Waals surface area (Å²) in [6.45, 7) is 5.93. The molecule has 0 spiro atoms. The number of rotatable bonds is 2. The first-order chi connectivity index (χ1) is 7.57. The minimum atomic E-state index is -0.155. The molecule has 0 aliphatic carbocycles. The van der Waals surface area contributed by atoms with Crippen LogP contribution in [-0.2, 0) is 11.2 Å². The highest BCUT2D eigenvalue weighted by atomic mass is 35.5. The van der Waals surface area contributed by atoms with E-state index in [2.05, 4.69) is 19.2 Å². The van der Waals surface area contributed by atoms with E-state index in [1.54, 1.807) is 12.1 Å². The minimum absolute atomic E-state index is 0. The molecule has 0 saturated carbocycles. The van der Waals surface area contributed by atoms with E-state index in [0.29, 0.717) is 12.0 Å². The zero-order valence-corrected chi connectivity index (χ0v) is 11.0. The Hall–Kier alpha value is -0.640. The molecule has 1 unspecified atom stereocenters. The third-order valence-electron chi connectivity index (χ3n) is 2.85. The zero-order chi connectivity index (χ0) is 11.6. The second-order valence-corrected chi connectivity index (χ2v) is 5.14. The Morgan fingerprint density at radius 2 is 2.12 bits per heavy atom. The van der Waals surface area contributed by atoms with Crippen LogP contribution in [0.15, 0.2) is 24.3 Å². The van der Waals surface area contributed by atoms with Gasteiger partial charge < -0.3 is 4.74 Å². The first-order valence-corrected chi connectivity index (χ1v) is 5.65. The van der Waals surface area contributed by atoms with Crippen LogP contribution in [0.2, 0.25) is 0 Å². The van der Waals surface area contributed by atoms with E-state index in [0.717, 1.165) is 13.2 Å². The molecule has 96 valence electrons. The molecule has 1 aliphatic heterocycles. The molecule has 4 heteroatoms. The van der Waals surface area contributed by atoms with E-state index < -0.39 is 0 Å².